The van der Waals surface area contributed by atoms with Gasteiger partial charge in [0.15, 0.2) is 0 Å². The van der Waals surface area contributed by atoms with Gasteiger partial charge in [0.1, 0.15) is 28.1 Å². The van der Waals surface area contributed by atoms with E-state index >= 15 is 0 Å². The van der Waals surface area contributed by atoms with E-state index in [1.807, 2.05) is 0 Å². The first kappa shape index (κ1) is 14.0. The van der Waals surface area contributed by atoms with Crippen LogP contribution in [0.4, 0.5) is 0 Å². The van der Waals surface area contributed by atoms with Crippen LogP contribution in [-0.4, -0.2) is 38.9 Å². The SMILES string of the molecule is O=S(=O)(NCCCc1ncn[nH]1)c1cccc2nsnc12. The predicted molar refractivity (Wildman–Crippen MR) is 77.3 cm³/mol. The minimum atomic E-state index is -3.59. The molecule has 10 heteroatoms. The third-order valence-electron chi connectivity index (χ3n) is 2.89. The van der Waals surface area contributed by atoms with E-state index in [0.29, 0.717) is 30.4 Å². The summed E-state index contributed by atoms with van der Waals surface area (Å²) >= 11 is 0.998. The zero-order valence-corrected chi connectivity index (χ0v) is 12.5. The fraction of sp³-hybridized carbons (Fsp3) is 0.273. The summed E-state index contributed by atoms with van der Waals surface area (Å²) in [5.74, 6) is 0.736. The van der Waals surface area contributed by atoms with Gasteiger partial charge in [-0.25, -0.2) is 18.1 Å². The van der Waals surface area contributed by atoms with Gasteiger partial charge in [-0.15, -0.1) is 0 Å². The Morgan fingerprint density at radius 1 is 1.29 bits per heavy atom. The maximum Gasteiger partial charge on any atom is 0.242 e. The van der Waals surface area contributed by atoms with Crippen molar-refractivity contribution in [3.63, 3.8) is 0 Å². The van der Waals surface area contributed by atoms with Gasteiger partial charge in [0.2, 0.25) is 10.0 Å². The molecule has 0 amide bonds. The Bertz CT molecular complexity index is 827. The van der Waals surface area contributed by atoms with E-state index in [1.54, 1.807) is 12.1 Å². The molecule has 0 radical (unpaired) electrons. The van der Waals surface area contributed by atoms with Gasteiger partial charge in [0.05, 0.1) is 11.7 Å². The van der Waals surface area contributed by atoms with Crippen LogP contribution in [0.2, 0.25) is 0 Å². The molecule has 2 heterocycles. The number of aromatic nitrogens is 5. The number of H-pyrrole nitrogens is 1. The number of aromatic amines is 1. The highest BCUT2D eigenvalue weighted by atomic mass is 32.2. The predicted octanol–water partition coefficient (Wildman–Crippen LogP) is 0.720. The van der Waals surface area contributed by atoms with Gasteiger partial charge in [0.25, 0.3) is 0 Å². The number of fused-ring (bicyclic) bond motifs is 1. The Balaban J connectivity index is 1.68. The average molecular weight is 324 g/mol. The maximum atomic E-state index is 12.3. The lowest BCUT2D eigenvalue weighted by Gasteiger charge is -2.06. The van der Waals surface area contributed by atoms with E-state index in [9.17, 15) is 8.42 Å². The summed E-state index contributed by atoms with van der Waals surface area (Å²) in [5, 5.41) is 6.47. The van der Waals surface area contributed by atoms with E-state index in [1.165, 1.54) is 12.4 Å². The van der Waals surface area contributed by atoms with Gasteiger partial charge < -0.3 is 0 Å². The van der Waals surface area contributed by atoms with Crippen LogP contribution in [-0.2, 0) is 16.4 Å². The number of hydrogen-bond donors (Lipinski definition) is 2. The third kappa shape index (κ3) is 3.06. The molecule has 21 heavy (non-hydrogen) atoms. The molecule has 0 aliphatic carbocycles. The third-order valence-corrected chi connectivity index (χ3v) is 4.92. The first-order chi connectivity index (χ1) is 10.2. The quantitative estimate of drug-likeness (QED) is 0.646. The summed E-state index contributed by atoms with van der Waals surface area (Å²) in [7, 11) is -3.59. The molecule has 1 aromatic carbocycles. The van der Waals surface area contributed by atoms with Gasteiger partial charge in [0, 0.05) is 13.0 Å². The first-order valence-corrected chi connectivity index (χ1v) is 8.43. The molecule has 0 bridgehead atoms. The maximum absolute atomic E-state index is 12.3. The van der Waals surface area contributed by atoms with Gasteiger partial charge in [-0.3, -0.25) is 5.10 Å². The largest absolute Gasteiger partial charge is 0.263 e. The van der Waals surface area contributed by atoms with Crippen molar-refractivity contribution in [2.75, 3.05) is 6.54 Å². The molecule has 8 nitrogen and oxygen atoms in total. The van der Waals surface area contributed by atoms with E-state index in [2.05, 4.69) is 28.7 Å². The van der Waals surface area contributed by atoms with Gasteiger partial charge >= 0.3 is 0 Å². The Kier molecular flexibility index (Phi) is 3.90. The Morgan fingerprint density at radius 2 is 2.19 bits per heavy atom. The molecule has 110 valence electrons. The molecule has 2 N–H and O–H groups in total. The van der Waals surface area contributed by atoms with Crippen LogP contribution in [0.15, 0.2) is 29.4 Å². The minimum absolute atomic E-state index is 0.161. The summed E-state index contributed by atoms with van der Waals surface area (Å²) in [5.41, 5.74) is 0.995. The number of aryl methyl sites for hydroxylation is 1. The van der Waals surface area contributed by atoms with Crippen LogP contribution in [0.5, 0.6) is 0 Å². The molecule has 0 atom stereocenters. The fourth-order valence-electron chi connectivity index (χ4n) is 1.89. The second-order valence-electron chi connectivity index (χ2n) is 4.32. The van der Waals surface area contributed by atoms with Gasteiger partial charge in [-0.05, 0) is 18.6 Å². The van der Waals surface area contributed by atoms with Crippen molar-refractivity contribution in [3.8, 4) is 0 Å². The normalized spacial score (nSPS) is 12.0. The molecule has 0 fully saturated rings. The van der Waals surface area contributed by atoms with Crippen molar-refractivity contribution in [3.05, 3.63) is 30.4 Å². The molecule has 0 saturated carbocycles. The van der Waals surface area contributed by atoms with Crippen LogP contribution < -0.4 is 4.72 Å². The second kappa shape index (κ2) is 5.84. The zero-order valence-electron chi connectivity index (χ0n) is 10.9. The summed E-state index contributed by atoms with van der Waals surface area (Å²) in [6.45, 7) is 0.316. The summed E-state index contributed by atoms with van der Waals surface area (Å²) < 4.78 is 35.2. The average Bonchev–Trinajstić information content (AvgIpc) is 3.14. The molecule has 3 aromatic rings. The monoisotopic (exact) mass is 324 g/mol. The smallest absolute Gasteiger partial charge is 0.242 e. The Hall–Kier alpha value is -1.91. The molecule has 0 unspecified atom stereocenters. The van der Waals surface area contributed by atoms with Crippen molar-refractivity contribution in [2.45, 2.75) is 17.7 Å². The van der Waals surface area contributed by atoms with Crippen molar-refractivity contribution in [1.82, 2.24) is 28.7 Å². The van der Waals surface area contributed by atoms with Crippen molar-refractivity contribution < 1.29 is 8.42 Å². The molecule has 2 aromatic heterocycles. The highest BCUT2D eigenvalue weighted by molar-refractivity contribution is 7.89. The number of nitrogens with one attached hydrogen (secondary N) is 2. The lowest BCUT2D eigenvalue weighted by molar-refractivity contribution is 0.579. The molecule has 0 aliphatic rings. The number of sulfonamides is 1. The topological polar surface area (TPSA) is 114 Å². The number of rotatable bonds is 6. The first-order valence-electron chi connectivity index (χ1n) is 6.22. The minimum Gasteiger partial charge on any atom is -0.263 e. The molecular formula is C11H12N6O2S2. The molecule has 3 rings (SSSR count). The second-order valence-corrected chi connectivity index (χ2v) is 6.59. The van der Waals surface area contributed by atoms with Crippen LogP contribution in [0, 0.1) is 0 Å². The zero-order chi connectivity index (χ0) is 14.7. The fourth-order valence-corrected chi connectivity index (χ4v) is 3.73. The number of hydrogen-bond acceptors (Lipinski definition) is 7. The number of benzene rings is 1. The van der Waals surface area contributed by atoms with Gasteiger partial charge in [-0.1, -0.05) is 6.07 Å². The Labute approximate surface area is 125 Å². The summed E-state index contributed by atoms with van der Waals surface area (Å²) in [4.78, 5) is 4.14. The van der Waals surface area contributed by atoms with Crippen LogP contribution >= 0.6 is 11.7 Å². The van der Waals surface area contributed by atoms with Gasteiger partial charge in [-0.2, -0.15) is 13.8 Å². The van der Waals surface area contributed by atoms with Crippen LogP contribution in [0.3, 0.4) is 0 Å². The standard InChI is InChI=1S/C11H12N6O2S2/c18-21(19,14-6-2-5-10-12-7-13-15-10)9-4-1-3-8-11(9)17-20-16-8/h1,3-4,7,14H,2,5-6H2,(H,12,13,15). The van der Waals surface area contributed by atoms with Crippen LogP contribution in [0.25, 0.3) is 11.0 Å². The van der Waals surface area contributed by atoms with Crippen LogP contribution in [0.1, 0.15) is 12.2 Å². The molecular weight excluding hydrogens is 312 g/mol. The van der Waals surface area contributed by atoms with E-state index < -0.39 is 10.0 Å². The number of nitrogens with zero attached hydrogens (tertiary/aromatic N) is 4. The molecule has 0 spiro atoms. The highest BCUT2D eigenvalue weighted by Gasteiger charge is 2.18. The lowest BCUT2D eigenvalue weighted by atomic mass is 10.3. The molecule has 0 aliphatic heterocycles. The Morgan fingerprint density at radius 3 is 3.00 bits per heavy atom. The highest BCUT2D eigenvalue weighted by Crippen LogP contribution is 2.20. The summed E-state index contributed by atoms with van der Waals surface area (Å²) in [6, 6.07) is 4.93. The van der Waals surface area contributed by atoms with Crippen molar-refractivity contribution in [1.29, 1.82) is 0 Å². The molecule has 0 saturated heterocycles. The van der Waals surface area contributed by atoms with E-state index in [0.717, 1.165) is 17.6 Å². The lowest BCUT2D eigenvalue weighted by Crippen LogP contribution is -2.25. The van der Waals surface area contributed by atoms with E-state index in [4.69, 9.17) is 0 Å². The summed E-state index contributed by atoms with van der Waals surface area (Å²) in [6.07, 6.45) is 2.68. The van der Waals surface area contributed by atoms with E-state index in [-0.39, 0.29) is 4.90 Å². The van der Waals surface area contributed by atoms with Crippen molar-refractivity contribution >= 4 is 32.8 Å². The van der Waals surface area contributed by atoms with Crippen molar-refractivity contribution in [2.24, 2.45) is 0 Å².